The summed E-state index contributed by atoms with van der Waals surface area (Å²) in [7, 11) is 0. The summed E-state index contributed by atoms with van der Waals surface area (Å²) in [5, 5.41) is 12.8. The number of aromatic amines is 1. The van der Waals surface area contributed by atoms with Gasteiger partial charge in [-0.3, -0.25) is 0 Å². The van der Waals surface area contributed by atoms with Crippen molar-refractivity contribution in [1.82, 2.24) is 20.3 Å². The van der Waals surface area contributed by atoms with Gasteiger partial charge in [-0.05, 0) is 6.42 Å². The third kappa shape index (κ3) is 4.15. The van der Waals surface area contributed by atoms with Crippen molar-refractivity contribution >= 4 is 16.9 Å². The average Bonchev–Trinajstić information content (AvgIpc) is 2.91. The molecule has 6 nitrogen and oxygen atoms in total. The molecule has 1 unspecified atom stereocenters. The van der Waals surface area contributed by atoms with E-state index in [9.17, 15) is 5.11 Å². The highest BCUT2D eigenvalue weighted by Gasteiger charge is 2.11. The molecule has 21 heavy (non-hydrogen) atoms. The number of aliphatic hydroxyl groups excluding tert-OH is 1. The molecule has 1 atom stereocenters. The monoisotopic (exact) mass is 291 g/mol. The highest BCUT2D eigenvalue weighted by molar-refractivity contribution is 5.86. The predicted octanol–water partition coefficient (Wildman–Crippen LogP) is 1.96. The number of unbranched alkanes of at least 4 members (excludes halogenated alkanes) is 3. The molecule has 0 aliphatic carbocycles. The van der Waals surface area contributed by atoms with Crippen molar-refractivity contribution in [2.24, 2.45) is 0 Å². The molecule has 0 fully saturated rings. The minimum atomic E-state index is 0.131. The summed E-state index contributed by atoms with van der Waals surface area (Å²) in [6, 6.07) is 0.131. The molecule has 116 valence electrons. The first kappa shape index (κ1) is 15.7. The lowest BCUT2D eigenvalue weighted by Crippen LogP contribution is -2.31. The van der Waals surface area contributed by atoms with Crippen LogP contribution in [0.1, 0.15) is 44.6 Å². The van der Waals surface area contributed by atoms with Gasteiger partial charge in [-0.2, -0.15) is 0 Å². The van der Waals surface area contributed by atoms with Crippen LogP contribution in [-0.2, 0) is 6.54 Å². The second-order valence-electron chi connectivity index (χ2n) is 5.41. The van der Waals surface area contributed by atoms with Gasteiger partial charge in [-0.15, -0.1) is 0 Å². The zero-order chi connectivity index (χ0) is 15.1. The van der Waals surface area contributed by atoms with Crippen LogP contribution < -0.4 is 11.1 Å². The second kappa shape index (κ2) is 7.95. The standard InChI is InChI=1S/C15H25N5O/c1-2-3-4-5-6-12(9-21)17-7-11-8-18-14-13(11)19-10-20-15(14)16/h8,10,12,17-18,21H,2-7,9H2,1H3,(H2,16,19,20). The number of aromatic nitrogens is 3. The first-order valence-electron chi connectivity index (χ1n) is 7.67. The van der Waals surface area contributed by atoms with Crippen LogP contribution in [0, 0.1) is 0 Å². The van der Waals surface area contributed by atoms with E-state index in [1.54, 1.807) is 0 Å². The van der Waals surface area contributed by atoms with Crippen molar-refractivity contribution < 1.29 is 5.11 Å². The number of hydrogen-bond donors (Lipinski definition) is 4. The van der Waals surface area contributed by atoms with Gasteiger partial charge < -0.3 is 21.1 Å². The number of anilines is 1. The molecule has 0 radical (unpaired) electrons. The Hall–Kier alpha value is -1.66. The summed E-state index contributed by atoms with van der Waals surface area (Å²) >= 11 is 0. The van der Waals surface area contributed by atoms with E-state index in [0.29, 0.717) is 12.4 Å². The fourth-order valence-corrected chi connectivity index (χ4v) is 2.48. The number of nitrogen functional groups attached to an aromatic ring is 1. The van der Waals surface area contributed by atoms with Gasteiger partial charge in [0.2, 0.25) is 0 Å². The van der Waals surface area contributed by atoms with Gasteiger partial charge in [0.25, 0.3) is 0 Å². The first-order valence-corrected chi connectivity index (χ1v) is 7.67. The van der Waals surface area contributed by atoms with Crippen LogP contribution in [0.2, 0.25) is 0 Å². The van der Waals surface area contributed by atoms with Crippen molar-refractivity contribution in [3.8, 4) is 0 Å². The van der Waals surface area contributed by atoms with Crippen LogP contribution in [0.25, 0.3) is 11.0 Å². The molecule has 0 bridgehead atoms. The van der Waals surface area contributed by atoms with Gasteiger partial charge in [0.05, 0.1) is 12.1 Å². The zero-order valence-corrected chi connectivity index (χ0v) is 12.6. The Morgan fingerprint density at radius 1 is 1.33 bits per heavy atom. The first-order chi connectivity index (χ1) is 10.3. The summed E-state index contributed by atoms with van der Waals surface area (Å²) < 4.78 is 0. The number of hydrogen-bond acceptors (Lipinski definition) is 5. The van der Waals surface area contributed by atoms with E-state index in [1.807, 2.05) is 6.20 Å². The molecule has 5 N–H and O–H groups in total. The van der Waals surface area contributed by atoms with Gasteiger partial charge in [-0.25, -0.2) is 9.97 Å². The largest absolute Gasteiger partial charge is 0.395 e. The molecule has 0 amide bonds. The van der Waals surface area contributed by atoms with Crippen LogP contribution in [0.3, 0.4) is 0 Å². The quantitative estimate of drug-likeness (QED) is 0.529. The van der Waals surface area contributed by atoms with E-state index < -0.39 is 0 Å². The molecule has 0 saturated carbocycles. The number of rotatable bonds is 9. The average molecular weight is 291 g/mol. The fraction of sp³-hybridized carbons (Fsp3) is 0.600. The minimum absolute atomic E-state index is 0.131. The fourth-order valence-electron chi connectivity index (χ4n) is 2.48. The molecule has 0 aliphatic heterocycles. The van der Waals surface area contributed by atoms with Gasteiger partial charge >= 0.3 is 0 Å². The van der Waals surface area contributed by atoms with Crippen molar-refractivity contribution in [2.75, 3.05) is 12.3 Å². The molecule has 6 heteroatoms. The Kier molecular flexibility index (Phi) is 5.95. The highest BCUT2D eigenvalue weighted by Crippen LogP contribution is 2.19. The molecule has 0 saturated heterocycles. The molecule has 2 rings (SSSR count). The maximum Gasteiger partial charge on any atom is 0.151 e. The maximum atomic E-state index is 9.45. The van der Waals surface area contributed by atoms with Gasteiger partial charge in [-0.1, -0.05) is 32.6 Å². The third-order valence-corrected chi connectivity index (χ3v) is 3.78. The number of aliphatic hydroxyl groups is 1. The molecule has 0 spiro atoms. The second-order valence-corrected chi connectivity index (χ2v) is 5.41. The predicted molar refractivity (Wildman–Crippen MR) is 84.8 cm³/mol. The summed E-state index contributed by atoms with van der Waals surface area (Å²) in [5.41, 5.74) is 8.47. The Morgan fingerprint density at radius 2 is 2.19 bits per heavy atom. The van der Waals surface area contributed by atoms with Crippen LogP contribution in [0.4, 0.5) is 5.82 Å². The molecular weight excluding hydrogens is 266 g/mol. The molecule has 0 aromatic carbocycles. The zero-order valence-electron chi connectivity index (χ0n) is 12.6. The Balaban J connectivity index is 1.89. The molecule has 0 aliphatic rings. The SMILES string of the molecule is CCCCCCC(CO)NCc1c[nH]c2c(N)ncnc12. The van der Waals surface area contributed by atoms with Crippen molar-refractivity contribution in [2.45, 2.75) is 51.6 Å². The minimum Gasteiger partial charge on any atom is -0.395 e. The number of H-pyrrole nitrogens is 1. The molecule has 2 aromatic rings. The smallest absolute Gasteiger partial charge is 0.151 e. The Morgan fingerprint density at radius 3 is 2.95 bits per heavy atom. The van der Waals surface area contributed by atoms with E-state index in [0.717, 1.165) is 29.4 Å². The van der Waals surface area contributed by atoms with E-state index in [4.69, 9.17) is 5.73 Å². The van der Waals surface area contributed by atoms with E-state index in [-0.39, 0.29) is 12.6 Å². The van der Waals surface area contributed by atoms with Crippen LogP contribution in [0.15, 0.2) is 12.5 Å². The lowest BCUT2D eigenvalue weighted by atomic mass is 10.1. The number of nitrogens with zero attached hydrogens (tertiary/aromatic N) is 2. The highest BCUT2D eigenvalue weighted by atomic mass is 16.3. The van der Waals surface area contributed by atoms with Gasteiger partial charge in [0.15, 0.2) is 5.82 Å². The maximum absolute atomic E-state index is 9.45. The number of nitrogens with one attached hydrogen (secondary N) is 2. The Bertz CT molecular complexity index is 554. The summed E-state index contributed by atoms with van der Waals surface area (Å²) in [6.07, 6.45) is 9.23. The number of fused-ring (bicyclic) bond motifs is 1. The molecular formula is C15H25N5O. The lowest BCUT2D eigenvalue weighted by molar-refractivity contribution is 0.232. The van der Waals surface area contributed by atoms with Crippen molar-refractivity contribution in [3.63, 3.8) is 0 Å². The van der Waals surface area contributed by atoms with Crippen LogP contribution >= 0.6 is 0 Å². The van der Waals surface area contributed by atoms with Gasteiger partial charge in [0, 0.05) is 24.3 Å². The summed E-state index contributed by atoms with van der Waals surface area (Å²) in [4.78, 5) is 11.3. The van der Waals surface area contributed by atoms with Crippen molar-refractivity contribution in [1.29, 1.82) is 0 Å². The summed E-state index contributed by atoms with van der Waals surface area (Å²) in [6.45, 7) is 3.02. The van der Waals surface area contributed by atoms with Gasteiger partial charge in [0.1, 0.15) is 11.8 Å². The normalized spacial score (nSPS) is 12.9. The lowest BCUT2D eigenvalue weighted by Gasteiger charge is -2.15. The van der Waals surface area contributed by atoms with E-state index >= 15 is 0 Å². The topological polar surface area (TPSA) is 99.8 Å². The van der Waals surface area contributed by atoms with Crippen molar-refractivity contribution in [3.05, 3.63) is 18.1 Å². The third-order valence-electron chi connectivity index (χ3n) is 3.78. The van der Waals surface area contributed by atoms with E-state index in [2.05, 4.69) is 27.2 Å². The van der Waals surface area contributed by atoms with Crippen LogP contribution in [0.5, 0.6) is 0 Å². The van der Waals surface area contributed by atoms with E-state index in [1.165, 1.54) is 25.6 Å². The Labute approximate surface area is 125 Å². The summed E-state index contributed by atoms with van der Waals surface area (Å²) in [5.74, 6) is 0.463. The van der Waals surface area contributed by atoms with Crippen LogP contribution in [-0.4, -0.2) is 32.7 Å². The number of nitrogens with two attached hydrogens (primary N) is 1. The molecule has 2 aromatic heterocycles. The molecule has 2 heterocycles.